The predicted octanol–water partition coefficient (Wildman–Crippen LogP) is 4.31. The number of amides is 1. The van der Waals surface area contributed by atoms with Crippen molar-refractivity contribution in [3.8, 4) is 5.75 Å². The van der Waals surface area contributed by atoms with Gasteiger partial charge in [-0.2, -0.15) is 0 Å². The monoisotopic (exact) mass is 364 g/mol. The van der Waals surface area contributed by atoms with Crippen LogP contribution in [0.4, 0.5) is 0 Å². The smallest absolute Gasteiger partial charge is 0.225 e. The van der Waals surface area contributed by atoms with Gasteiger partial charge in [0, 0.05) is 19.0 Å². The van der Waals surface area contributed by atoms with Gasteiger partial charge in [0.1, 0.15) is 11.3 Å². The van der Waals surface area contributed by atoms with Crippen molar-refractivity contribution in [3.63, 3.8) is 0 Å². The molecule has 0 spiro atoms. The van der Waals surface area contributed by atoms with Gasteiger partial charge in [0.25, 0.3) is 0 Å². The number of ether oxygens (including phenoxy) is 1. The Morgan fingerprint density at radius 3 is 2.63 bits per heavy atom. The molecule has 0 radical (unpaired) electrons. The highest BCUT2D eigenvalue weighted by atomic mass is 16.5. The maximum atomic E-state index is 12.4. The minimum Gasteiger partial charge on any atom is -0.493 e. The van der Waals surface area contributed by atoms with E-state index in [1.165, 1.54) is 5.56 Å². The fourth-order valence-corrected chi connectivity index (χ4v) is 3.49. The fraction of sp³-hybridized carbons (Fsp3) is 0.364. The molecule has 2 aromatic carbocycles. The van der Waals surface area contributed by atoms with E-state index in [-0.39, 0.29) is 11.8 Å². The first kappa shape index (κ1) is 17.6. The van der Waals surface area contributed by atoms with E-state index < -0.39 is 0 Å². The molecule has 4 rings (SSSR count). The summed E-state index contributed by atoms with van der Waals surface area (Å²) in [6, 6.07) is 15.7. The van der Waals surface area contributed by atoms with Crippen molar-refractivity contribution in [1.29, 1.82) is 0 Å². The van der Waals surface area contributed by atoms with Crippen molar-refractivity contribution in [2.45, 2.75) is 32.1 Å². The molecule has 2 heterocycles. The van der Waals surface area contributed by atoms with Crippen molar-refractivity contribution in [2.24, 2.45) is 0 Å². The number of piperidine rings is 1. The van der Waals surface area contributed by atoms with Gasteiger partial charge in [0.2, 0.25) is 5.91 Å². The quantitative estimate of drug-likeness (QED) is 0.677. The summed E-state index contributed by atoms with van der Waals surface area (Å²) in [6.07, 6.45) is 2.18. The Labute approximate surface area is 158 Å². The molecule has 0 aliphatic carbocycles. The molecule has 140 valence electrons. The van der Waals surface area contributed by atoms with Crippen LogP contribution in [0.1, 0.15) is 36.6 Å². The average Bonchev–Trinajstić information content (AvgIpc) is 3.14. The predicted molar refractivity (Wildman–Crippen MR) is 104 cm³/mol. The van der Waals surface area contributed by atoms with E-state index in [2.05, 4.69) is 4.98 Å². The second-order valence-corrected chi connectivity index (χ2v) is 7.09. The Hall–Kier alpha value is -2.82. The average molecular weight is 364 g/mol. The van der Waals surface area contributed by atoms with Crippen molar-refractivity contribution >= 4 is 17.0 Å². The first-order valence-electron chi connectivity index (χ1n) is 9.52. The van der Waals surface area contributed by atoms with Crippen molar-refractivity contribution in [3.05, 3.63) is 60.0 Å². The standard InChI is InChI=1S/C22H24N2O3/c1-16-6-8-18(9-7-16)26-15-12-21(25)24-13-10-17(11-14-24)22-23-19-4-2-3-5-20(19)27-22/h2-9,17H,10-15H2,1H3. The number of carbonyl (C=O) groups excluding carboxylic acids is 1. The van der Waals surface area contributed by atoms with Crippen LogP contribution in [0.25, 0.3) is 11.1 Å². The molecular formula is C22H24N2O3. The maximum Gasteiger partial charge on any atom is 0.225 e. The summed E-state index contributed by atoms with van der Waals surface area (Å²) < 4.78 is 11.6. The van der Waals surface area contributed by atoms with Gasteiger partial charge in [-0.25, -0.2) is 4.98 Å². The Bertz CT molecular complexity index is 876. The fourth-order valence-electron chi connectivity index (χ4n) is 3.49. The molecule has 1 amide bonds. The topological polar surface area (TPSA) is 55.6 Å². The van der Waals surface area contributed by atoms with Gasteiger partial charge in [-0.3, -0.25) is 4.79 Å². The zero-order valence-corrected chi connectivity index (χ0v) is 15.6. The zero-order chi connectivity index (χ0) is 18.6. The zero-order valence-electron chi connectivity index (χ0n) is 15.6. The summed E-state index contributed by atoms with van der Waals surface area (Å²) in [5.41, 5.74) is 2.93. The Morgan fingerprint density at radius 2 is 1.89 bits per heavy atom. The number of rotatable bonds is 5. The van der Waals surface area contributed by atoms with Gasteiger partial charge in [0.15, 0.2) is 11.5 Å². The van der Waals surface area contributed by atoms with E-state index in [1.54, 1.807) is 0 Å². The number of likely N-dealkylation sites (tertiary alicyclic amines) is 1. The number of fused-ring (bicyclic) bond motifs is 1. The Balaban J connectivity index is 1.25. The van der Waals surface area contributed by atoms with Gasteiger partial charge in [-0.1, -0.05) is 29.8 Å². The maximum absolute atomic E-state index is 12.4. The van der Waals surface area contributed by atoms with E-state index in [0.29, 0.717) is 13.0 Å². The molecule has 3 aromatic rings. The molecule has 1 saturated heterocycles. The molecule has 5 heteroatoms. The second-order valence-electron chi connectivity index (χ2n) is 7.09. The Morgan fingerprint density at radius 1 is 1.15 bits per heavy atom. The number of aryl methyl sites for hydroxylation is 1. The molecule has 1 aromatic heterocycles. The molecule has 0 atom stereocenters. The number of aromatic nitrogens is 1. The van der Waals surface area contributed by atoms with Crippen LogP contribution in [0, 0.1) is 6.92 Å². The van der Waals surface area contributed by atoms with Crippen LogP contribution in [0.3, 0.4) is 0 Å². The van der Waals surface area contributed by atoms with Gasteiger partial charge < -0.3 is 14.1 Å². The summed E-state index contributed by atoms with van der Waals surface area (Å²) in [5.74, 6) is 2.04. The summed E-state index contributed by atoms with van der Waals surface area (Å²) in [4.78, 5) is 19.0. The molecule has 0 saturated carbocycles. The van der Waals surface area contributed by atoms with Gasteiger partial charge in [-0.15, -0.1) is 0 Å². The first-order valence-corrected chi connectivity index (χ1v) is 9.52. The van der Waals surface area contributed by atoms with Crippen molar-refractivity contribution in [1.82, 2.24) is 9.88 Å². The molecule has 1 aliphatic heterocycles. The number of hydrogen-bond donors (Lipinski definition) is 0. The highest BCUT2D eigenvalue weighted by Gasteiger charge is 2.26. The van der Waals surface area contributed by atoms with Crippen LogP contribution in [0.15, 0.2) is 52.9 Å². The number of benzene rings is 2. The van der Waals surface area contributed by atoms with E-state index >= 15 is 0 Å². The van der Waals surface area contributed by atoms with E-state index in [9.17, 15) is 4.79 Å². The number of nitrogens with zero attached hydrogens (tertiary/aromatic N) is 2. The van der Waals surface area contributed by atoms with Crippen LogP contribution in [0.2, 0.25) is 0 Å². The van der Waals surface area contributed by atoms with Crippen molar-refractivity contribution < 1.29 is 13.9 Å². The van der Waals surface area contributed by atoms with Crippen LogP contribution < -0.4 is 4.74 Å². The molecule has 0 bridgehead atoms. The van der Waals surface area contributed by atoms with Gasteiger partial charge >= 0.3 is 0 Å². The molecule has 0 N–H and O–H groups in total. The molecule has 27 heavy (non-hydrogen) atoms. The van der Waals surface area contributed by atoms with E-state index in [1.807, 2.05) is 60.4 Å². The summed E-state index contributed by atoms with van der Waals surface area (Å²) >= 11 is 0. The van der Waals surface area contributed by atoms with Crippen LogP contribution in [0.5, 0.6) is 5.75 Å². The lowest BCUT2D eigenvalue weighted by atomic mass is 9.96. The summed E-state index contributed by atoms with van der Waals surface area (Å²) in [5, 5.41) is 0. The molecule has 5 nitrogen and oxygen atoms in total. The van der Waals surface area contributed by atoms with Crippen LogP contribution in [-0.2, 0) is 4.79 Å². The molecular weight excluding hydrogens is 340 g/mol. The molecule has 1 aliphatic rings. The van der Waals surface area contributed by atoms with Crippen LogP contribution in [-0.4, -0.2) is 35.5 Å². The van der Waals surface area contributed by atoms with Crippen molar-refractivity contribution in [2.75, 3.05) is 19.7 Å². The first-order chi connectivity index (χ1) is 13.2. The minimum absolute atomic E-state index is 0.151. The molecule has 0 unspecified atom stereocenters. The van der Waals surface area contributed by atoms with Gasteiger partial charge in [-0.05, 0) is 44.0 Å². The lowest BCUT2D eigenvalue weighted by Gasteiger charge is -2.30. The number of hydrogen-bond acceptors (Lipinski definition) is 4. The van der Waals surface area contributed by atoms with E-state index in [0.717, 1.165) is 48.7 Å². The summed E-state index contributed by atoms with van der Waals surface area (Å²) in [7, 11) is 0. The minimum atomic E-state index is 0.151. The lowest BCUT2D eigenvalue weighted by molar-refractivity contribution is -0.132. The lowest BCUT2D eigenvalue weighted by Crippen LogP contribution is -2.38. The highest BCUT2D eigenvalue weighted by Crippen LogP contribution is 2.30. The largest absolute Gasteiger partial charge is 0.493 e. The van der Waals surface area contributed by atoms with E-state index in [4.69, 9.17) is 9.15 Å². The molecule has 1 fully saturated rings. The summed E-state index contributed by atoms with van der Waals surface area (Å²) in [6.45, 7) is 3.93. The van der Waals surface area contributed by atoms with Crippen LogP contribution >= 0.6 is 0 Å². The number of oxazole rings is 1. The highest BCUT2D eigenvalue weighted by molar-refractivity contribution is 5.76. The number of carbonyl (C=O) groups is 1. The second kappa shape index (κ2) is 7.82. The Kier molecular flexibility index (Phi) is 5.10. The SMILES string of the molecule is Cc1ccc(OCCC(=O)N2CCC(c3nc4ccccc4o3)CC2)cc1. The third kappa shape index (κ3) is 4.13. The third-order valence-corrected chi connectivity index (χ3v) is 5.11. The normalized spacial score (nSPS) is 15.2. The number of para-hydroxylation sites is 2. The third-order valence-electron chi connectivity index (χ3n) is 5.11. The van der Waals surface area contributed by atoms with Gasteiger partial charge in [0.05, 0.1) is 13.0 Å².